The fourth-order valence-corrected chi connectivity index (χ4v) is 1.48. The van der Waals surface area contributed by atoms with E-state index in [2.05, 4.69) is 0 Å². The smallest absolute Gasteiger partial charge is 0.121 e. The molecule has 0 spiro atoms. The molecular formula is C9H10O3. The van der Waals surface area contributed by atoms with E-state index >= 15 is 0 Å². The number of fused-ring (bicyclic) bond motifs is 1. The largest absolute Gasteiger partial charge is 0.508 e. The monoisotopic (exact) mass is 166 g/mol. The molecule has 2 rings (SSSR count). The first kappa shape index (κ1) is 7.58. The number of benzene rings is 1. The van der Waals surface area contributed by atoms with Gasteiger partial charge in [0, 0.05) is 5.56 Å². The summed E-state index contributed by atoms with van der Waals surface area (Å²) in [5, 5.41) is 18.3. The maximum atomic E-state index is 9.36. The average molecular weight is 166 g/mol. The van der Waals surface area contributed by atoms with Crippen molar-refractivity contribution in [1.82, 2.24) is 0 Å². The summed E-state index contributed by atoms with van der Waals surface area (Å²) >= 11 is 0. The van der Waals surface area contributed by atoms with Gasteiger partial charge in [-0.05, 0) is 17.2 Å². The fourth-order valence-electron chi connectivity index (χ4n) is 1.48. The number of rotatable bonds is 1. The molecule has 64 valence electrons. The highest BCUT2D eigenvalue weighted by molar-refractivity contribution is 5.44. The molecule has 0 saturated carbocycles. The van der Waals surface area contributed by atoms with E-state index in [4.69, 9.17) is 9.84 Å². The van der Waals surface area contributed by atoms with E-state index in [-0.39, 0.29) is 12.4 Å². The van der Waals surface area contributed by atoms with Gasteiger partial charge in [0.2, 0.25) is 0 Å². The summed E-state index contributed by atoms with van der Waals surface area (Å²) in [6.45, 7) is 0.959. The van der Waals surface area contributed by atoms with Gasteiger partial charge >= 0.3 is 0 Å². The Bertz CT molecular complexity index is 307. The Hall–Kier alpha value is -1.06. The maximum absolute atomic E-state index is 9.36. The molecule has 1 heterocycles. The number of phenols is 1. The zero-order valence-corrected chi connectivity index (χ0v) is 6.58. The van der Waals surface area contributed by atoms with Gasteiger partial charge in [-0.15, -0.1) is 0 Å². The van der Waals surface area contributed by atoms with E-state index in [1.165, 1.54) is 0 Å². The van der Waals surface area contributed by atoms with Crippen LogP contribution in [-0.4, -0.2) is 10.2 Å². The lowest BCUT2D eigenvalue weighted by molar-refractivity contribution is 0.133. The second-order valence-corrected chi connectivity index (χ2v) is 2.85. The van der Waals surface area contributed by atoms with Crippen molar-refractivity contribution >= 4 is 0 Å². The molecule has 1 aromatic carbocycles. The van der Waals surface area contributed by atoms with Crippen molar-refractivity contribution in [1.29, 1.82) is 0 Å². The predicted molar refractivity (Wildman–Crippen MR) is 42.5 cm³/mol. The fraction of sp³-hybridized carbons (Fsp3) is 0.333. The normalized spacial score (nSPS) is 14.8. The molecule has 1 aliphatic heterocycles. The van der Waals surface area contributed by atoms with Gasteiger partial charge in [-0.1, -0.05) is 6.07 Å². The van der Waals surface area contributed by atoms with Gasteiger partial charge in [0.15, 0.2) is 0 Å². The lowest BCUT2D eigenvalue weighted by atomic mass is 10.0. The molecule has 0 radical (unpaired) electrons. The van der Waals surface area contributed by atoms with Gasteiger partial charge in [0.25, 0.3) is 0 Å². The Balaban J connectivity index is 2.57. The topological polar surface area (TPSA) is 49.7 Å². The zero-order valence-electron chi connectivity index (χ0n) is 6.58. The highest BCUT2D eigenvalue weighted by atomic mass is 16.5. The number of hydrogen-bond acceptors (Lipinski definition) is 3. The standard InChI is InChI=1S/C9H10O3/c10-3-7-8-5-12-4-6(8)1-2-9(7)11/h1-2,10-11H,3-5H2. The number of aliphatic hydroxyl groups excluding tert-OH is 1. The third-order valence-corrected chi connectivity index (χ3v) is 2.17. The van der Waals surface area contributed by atoms with Gasteiger partial charge in [0.1, 0.15) is 5.75 Å². The molecule has 0 saturated heterocycles. The molecule has 0 aromatic heterocycles. The van der Waals surface area contributed by atoms with E-state index in [9.17, 15) is 5.11 Å². The molecule has 1 aliphatic rings. The van der Waals surface area contributed by atoms with Crippen LogP contribution >= 0.6 is 0 Å². The van der Waals surface area contributed by atoms with Crippen molar-refractivity contribution < 1.29 is 14.9 Å². The van der Waals surface area contributed by atoms with Crippen LogP contribution in [0.3, 0.4) is 0 Å². The minimum Gasteiger partial charge on any atom is -0.508 e. The number of aromatic hydroxyl groups is 1. The van der Waals surface area contributed by atoms with Crippen LogP contribution in [0.15, 0.2) is 12.1 Å². The van der Waals surface area contributed by atoms with Crippen molar-refractivity contribution in [2.75, 3.05) is 0 Å². The average Bonchev–Trinajstić information content (AvgIpc) is 2.52. The third-order valence-electron chi connectivity index (χ3n) is 2.17. The highest BCUT2D eigenvalue weighted by Gasteiger charge is 2.17. The van der Waals surface area contributed by atoms with Crippen molar-refractivity contribution in [3.05, 3.63) is 28.8 Å². The lowest BCUT2D eigenvalue weighted by Crippen LogP contribution is -1.93. The summed E-state index contributed by atoms with van der Waals surface area (Å²) < 4.78 is 5.19. The Morgan fingerprint density at radius 3 is 2.92 bits per heavy atom. The molecular weight excluding hydrogens is 156 g/mol. The molecule has 3 heteroatoms. The number of hydrogen-bond donors (Lipinski definition) is 2. The van der Waals surface area contributed by atoms with Crippen molar-refractivity contribution in [2.45, 2.75) is 19.8 Å². The Morgan fingerprint density at radius 1 is 1.33 bits per heavy atom. The van der Waals surface area contributed by atoms with Crippen LogP contribution < -0.4 is 0 Å². The lowest BCUT2D eigenvalue weighted by Gasteiger charge is -2.05. The first-order valence-corrected chi connectivity index (χ1v) is 3.84. The summed E-state index contributed by atoms with van der Waals surface area (Å²) in [6.07, 6.45) is 0. The molecule has 0 atom stereocenters. The van der Waals surface area contributed by atoms with E-state index in [0.29, 0.717) is 18.8 Å². The van der Waals surface area contributed by atoms with Crippen LogP contribution in [0.2, 0.25) is 0 Å². The van der Waals surface area contributed by atoms with Gasteiger partial charge in [-0.3, -0.25) is 0 Å². The quantitative estimate of drug-likeness (QED) is 0.652. The molecule has 1 aromatic rings. The molecule has 0 aliphatic carbocycles. The van der Waals surface area contributed by atoms with Crippen LogP contribution in [-0.2, 0) is 24.6 Å². The molecule has 0 fully saturated rings. The van der Waals surface area contributed by atoms with Gasteiger partial charge < -0.3 is 14.9 Å². The van der Waals surface area contributed by atoms with Crippen molar-refractivity contribution in [2.24, 2.45) is 0 Å². The van der Waals surface area contributed by atoms with Crippen molar-refractivity contribution in [3.63, 3.8) is 0 Å². The first-order chi connectivity index (χ1) is 5.83. The van der Waals surface area contributed by atoms with E-state index in [1.807, 2.05) is 6.07 Å². The predicted octanol–water partition coefficient (Wildman–Crippen LogP) is 0.915. The van der Waals surface area contributed by atoms with Crippen LogP contribution in [0, 0.1) is 0 Å². The summed E-state index contributed by atoms with van der Waals surface area (Å²) in [5.74, 6) is 0.154. The maximum Gasteiger partial charge on any atom is 0.121 e. The Kier molecular flexibility index (Phi) is 1.75. The minimum atomic E-state index is -0.127. The molecule has 0 bridgehead atoms. The van der Waals surface area contributed by atoms with Crippen LogP contribution in [0.5, 0.6) is 5.75 Å². The minimum absolute atomic E-state index is 0.127. The summed E-state index contributed by atoms with van der Waals surface area (Å²) in [6, 6.07) is 3.43. The van der Waals surface area contributed by atoms with Gasteiger partial charge in [0.05, 0.1) is 19.8 Å². The summed E-state index contributed by atoms with van der Waals surface area (Å²) in [7, 11) is 0. The van der Waals surface area contributed by atoms with Gasteiger partial charge in [-0.2, -0.15) is 0 Å². The Labute approximate surface area is 70.2 Å². The SMILES string of the molecule is OCc1c(O)ccc2c1COC2. The van der Waals surface area contributed by atoms with Crippen LogP contribution in [0.25, 0.3) is 0 Å². The van der Waals surface area contributed by atoms with E-state index in [1.54, 1.807) is 6.07 Å². The van der Waals surface area contributed by atoms with Crippen molar-refractivity contribution in [3.8, 4) is 5.75 Å². The van der Waals surface area contributed by atoms with Crippen LogP contribution in [0.1, 0.15) is 16.7 Å². The molecule has 2 N–H and O–H groups in total. The van der Waals surface area contributed by atoms with Crippen LogP contribution in [0.4, 0.5) is 0 Å². The highest BCUT2D eigenvalue weighted by Crippen LogP contribution is 2.29. The molecule has 12 heavy (non-hydrogen) atoms. The Morgan fingerprint density at radius 2 is 2.17 bits per heavy atom. The second kappa shape index (κ2) is 2.77. The first-order valence-electron chi connectivity index (χ1n) is 3.84. The summed E-state index contributed by atoms with van der Waals surface area (Å²) in [5.41, 5.74) is 2.61. The molecule has 0 amide bonds. The summed E-state index contributed by atoms with van der Waals surface area (Å²) in [4.78, 5) is 0. The zero-order chi connectivity index (χ0) is 8.55. The number of ether oxygens (including phenoxy) is 1. The van der Waals surface area contributed by atoms with E-state index in [0.717, 1.165) is 11.1 Å². The molecule has 3 nitrogen and oxygen atoms in total. The third kappa shape index (κ3) is 0.983. The van der Waals surface area contributed by atoms with E-state index < -0.39 is 0 Å². The second-order valence-electron chi connectivity index (χ2n) is 2.85. The van der Waals surface area contributed by atoms with Gasteiger partial charge in [-0.25, -0.2) is 0 Å². The number of aliphatic hydroxyl groups is 1. The molecule has 0 unspecified atom stereocenters.